The molecule has 0 aliphatic heterocycles. The highest BCUT2D eigenvalue weighted by molar-refractivity contribution is 7.13. The Hall–Kier alpha value is -2.40. The van der Waals surface area contributed by atoms with Gasteiger partial charge in [0.1, 0.15) is 16.5 Å². The van der Waals surface area contributed by atoms with Crippen LogP contribution in [0.2, 0.25) is 0 Å². The number of thiazole rings is 1. The van der Waals surface area contributed by atoms with E-state index < -0.39 is 0 Å². The number of benzene rings is 1. The van der Waals surface area contributed by atoms with Gasteiger partial charge in [-0.3, -0.25) is 4.79 Å². The number of carbonyl (C=O) groups is 1. The minimum Gasteiger partial charge on any atom is -0.467 e. The molecule has 2 heterocycles. The van der Waals surface area contributed by atoms with Crippen molar-refractivity contribution < 1.29 is 9.21 Å². The van der Waals surface area contributed by atoms with E-state index in [0.717, 1.165) is 29.2 Å². The van der Waals surface area contributed by atoms with Gasteiger partial charge < -0.3 is 9.32 Å². The molecule has 0 unspecified atom stereocenters. The summed E-state index contributed by atoms with van der Waals surface area (Å²) in [7, 11) is 0. The predicted molar refractivity (Wildman–Crippen MR) is 93.9 cm³/mol. The summed E-state index contributed by atoms with van der Waals surface area (Å²) in [6.45, 7) is 2.01. The topological polar surface area (TPSA) is 46.3 Å². The summed E-state index contributed by atoms with van der Waals surface area (Å²) in [5.74, 6) is 0.800. The normalized spacial score (nSPS) is 15.2. The first-order valence-corrected chi connectivity index (χ1v) is 8.99. The SMILES string of the molecule is C[C@H](c1ccco1)N(C(=O)c1csc(-c2ccccc2)n1)C1CC1. The molecular formula is C19H18N2O2S. The van der Waals surface area contributed by atoms with Crippen LogP contribution in [0.4, 0.5) is 0 Å². The lowest BCUT2D eigenvalue weighted by atomic mass is 10.2. The van der Waals surface area contributed by atoms with E-state index in [1.54, 1.807) is 6.26 Å². The van der Waals surface area contributed by atoms with Gasteiger partial charge in [0.15, 0.2) is 0 Å². The van der Waals surface area contributed by atoms with Crippen molar-refractivity contribution in [2.24, 2.45) is 0 Å². The molecular weight excluding hydrogens is 320 g/mol. The van der Waals surface area contributed by atoms with Gasteiger partial charge in [-0.15, -0.1) is 11.3 Å². The van der Waals surface area contributed by atoms with E-state index in [4.69, 9.17) is 4.42 Å². The van der Waals surface area contributed by atoms with Crippen LogP contribution >= 0.6 is 11.3 Å². The molecule has 1 saturated carbocycles. The molecule has 122 valence electrons. The lowest BCUT2D eigenvalue weighted by molar-refractivity contribution is 0.0647. The Balaban J connectivity index is 1.61. The van der Waals surface area contributed by atoms with E-state index in [1.165, 1.54) is 11.3 Å². The van der Waals surface area contributed by atoms with Crippen molar-refractivity contribution >= 4 is 17.2 Å². The molecule has 0 bridgehead atoms. The number of rotatable bonds is 5. The average Bonchev–Trinajstić information content (AvgIpc) is 3.12. The Morgan fingerprint density at radius 1 is 1.25 bits per heavy atom. The fraction of sp³-hybridized carbons (Fsp3) is 0.263. The van der Waals surface area contributed by atoms with Crippen molar-refractivity contribution in [3.05, 3.63) is 65.6 Å². The van der Waals surface area contributed by atoms with E-state index >= 15 is 0 Å². The molecule has 0 saturated heterocycles. The zero-order chi connectivity index (χ0) is 16.5. The molecule has 4 nitrogen and oxygen atoms in total. The first-order valence-electron chi connectivity index (χ1n) is 8.11. The predicted octanol–water partition coefficient (Wildman–Crippen LogP) is 4.77. The largest absolute Gasteiger partial charge is 0.467 e. The molecule has 0 N–H and O–H groups in total. The fourth-order valence-corrected chi connectivity index (χ4v) is 3.69. The summed E-state index contributed by atoms with van der Waals surface area (Å²) in [5.41, 5.74) is 1.56. The monoisotopic (exact) mass is 338 g/mol. The molecule has 24 heavy (non-hydrogen) atoms. The summed E-state index contributed by atoms with van der Waals surface area (Å²) in [6.07, 6.45) is 3.75. The number of furan rings is 1. The molecule has 4 rings (SSSR count). The molecule has 5 heteroatoms. The molecule has 1 fully saturated rings. The van der Waals surface area contributed by atoms with Gasteiger partial charge in [0.2, 0.25) is 0 Å². The van der Waals surface area contributed by atoms with Gasteiger partial charge in [-0.2, -0.15) is 0 Å². The van der Waals surface area contributed by atoms with Crippen molar-refractivity contribution in [1.29, 1.82) is 0 Å². The minimum absolute atomic E-state index is 0.0140. The van der Waals surface area contributed by atoms with Crippen molar-refractivity contribution in [3.63, 3.8) is 0 Å². The Kier molecular flexibility index (Phi) is 3.94. The van der Waals surface area contributed by atoms with Crippen LogP contribution in [0, 0.1) is 0 Å². The standard InChI is InChI=1S/C19H18N2O2S/c1-13(17-8-5-11-23-17)21(15-9-10-15)19(22)16-12-24-18(20-16)14-6-3-2-4-7-14/h2-8,11-13,15H,9-10H2,1H3/t13-/m1/s1. The number of hydrogen-bond donors (Lipinski definition) is 0. The Morgan fingerprint density at radius 3 is 2.71 bits per heavy atom. The third-order valence-corrected chi connectivity index (χ3v) is 5.18. The van der Waals surface area contributed by atoms with Crippen molar-refractivity contribution in [1.82, 2.24) is 9.88 Å². The molecule has 1 aliphatic carbocycles. The molecule has 1 atom stereocenters. The lowest BCUT2D eigenvalue weighted by Gasteiger charge is -2.27. The second-order valence-electron chi connectivity index (χ2n) is 6.04. The van der Waals surface area contributed by atoms with Crippen molar-refractivity contribution in [3.8, 4) is 10.6 Å². The molecule has 3 aromatic rings. The number of aromatic nitrogens is 1. The fourth-order valence-electron chi connectivity index (χ4n) is 2.89. The summed E-state index contributed by atoms with van der Waals surface area (Å²) >= 11 is 1.51. The van der Waals surface area contributed by atoms with Crippen LogP contribution in [0.1, 0.15) is 42.1 Å². The summed E-state index contributed by atoms with van der Waals surface area (Å²) in [5, 5.41) is 2.73. The Labute approximate surface area is 144 Å². The van der Waals surface area contributed by atoms with E-state index in [1.807, 2.05) is 59.7 Å². The van der Waals surface area contributed by atoms with Gasteiger partial charge in [0.25, 0.3) is 5.91 Å². The highest BCUT2D eigenvalue weighted by Gasteiger charge is 2.38. The number of nitrogens with zero attached hydrogens (tertiary/aromatic N) is 2. The second kappa shape index (κ2) is 6.24. The number of hydrogen-bond acceptors (Lipinski definition) is 4. The van der Waals surface area contributed by atoms with Crippen molar-refractivity contribution in [2.45, 2.75) is 31.8 Å². The zero-order valence-electron chi connectivity index (χ0n) is 13.4. The van der Waals surface area contributed by atoms with E-state index in [9.17, 15) is 4.79 Å². The highest BCUT2D eigenvalue weighted by Crippen LogP contribution is 2.36. The van der Waals surface area contributed by atoms with Crippen LogP contribution in [0.5, 0.6) is 0 Å². The minimum atomic E-state index is -0.0816. The quantitative estimate of drug-likeness (QED) is 0.673. The maximum Gasteiger partial charge on any atom is 0.274 e. The highest BCUT2D eigenvalue weighted by atomic mass is 32.1. The summed E-state index contributed by atoms with van der Waals surface area (Å²) in [4.78, 5) is 19.5. The van der Waals surface area contributed by atoms with Gasteiger partial charge in [0.05, 0.1) is 12.3 Å². The molecule has 1 aromatic carbocycles. The molecule has 1 amide bonds. The second-order valence-corrected chi connectivity index (χ2v) is 6.90. The van der Waals surface area contributed by atoms with Crippen LogP contribution in [0.15, 0.2) is 58.5 Å². The van der Waals surface area contributed by atoms with E-state index in [-0.39, 0.29) is 11.9 Å². The van der Waals surface area contributed by atoms with E-state index in [0.29, 0.717) is 11.7 Å². The van der Waals surface area contributed by atoms with Gasteiger partial charge in [-0.05, 0) is 31.9 Å². The van der Waals surface area contributed by atoms with Gasteiger partial charge in [-0.1, -0.05) is 30.3 Å². The van der Waals surface area contributed by atoms with Crippen LogP contribution in [0.3, 0.4) is 0 Å². The van der Waals surface area contributed by atoms with Crippen LogP contribution in [-0.2, 0) is 0 Å². The number of carbonyl (C=O) groups excluding carboxylic acids is 1. The molecule has 2 aromatic heterocycles. The summed E-state index contributed by atoms with van der Waals surface area (Å²) in [6, 6.07) is 13.9. The first-order chi connectivity index (χ1) is 11.7. The third-order valence-electron chi connectivity index (χ3n) is 4.29. The maximum atomic E-state index is 13.0. The van der Waals surface area contributed by atoms with Gasteiger partial charge >= 0.3 is 0 Å². The van der Waals surface area contributed by atoms with Crippen LogP contribution in [-0.4, -0.2) is 21.8 Å². The first kappa shape index (κ1) is 15.1. The van der Waals surface area contributed by atoms with Gasteiger partial charge in [-0.25, -0.2) is 4.98 Å². The smallest absolute Gasteiger partial charge is 0.274 e. The molecule has 0 radical (unpaired) electrons. The van der Waals surface area contributed by atoms with Crippen molar-refractivity contribution in [2.75, 3.05) is 0 Å². The van der Waals surface area contributed by atoms with E-state index in [2.05, 4.69) is 4.98 Å². The van der Waals surface area contributed by atoms with Gasteiger partial charge in [0, 0.05) is 17.0 Å². The molecule has 1 aliphatic rings. The molecule has 0 spiro atoms. The maximum absolute atomic E-state index is 13.0. The third kappa shape index (κ3) is 2.87. The Morgan fingerprint density at radius 2 is 2.04 bits per heavy atom. The van der Waals surface area contributed by atoms with Crippen LogP contribution in [0.25, 0.3) is 10.6 Å². The number of amides is 1. The summed E-state index contributed by atoms with van der Waals surface area (Å²) < 4.78 is 5.50. The van der Waals surface area contributed by atoms with Crippen LogP contribution < -0.4 is 0 Å². The Bertz CT molecular complexity index is 822. The zero-order valence-corrected chi connectivity index (χ0v) is 14.2. The average molecular weight is 338 g/mol. The lowest BCUT2D eigenvalue weighted by Crippen LogP contribution is -2.35.